The second kappa shape index (κ2) is 13.0. The first kappa shape index (κ1) is 33.0. The highest BCUT2D eigenvalue weighted by atomic mass is 32.2. The minimum atomic E-state index is -0.569. The fourth-order valence-corrected chi connectivity index (χ4v) is 11.0. The molecule has 0 fully saturated rings. The third-order valence-corrected chi connectivity index (χ3v) is 13.3. The van der Waals surface area contributed by atoms with Gasteiger partial charge in [0.1, 0.15) is 0 Å². The molecule has 58 heavy (non-hydrogen) atoms. The molecule has 2 aliphatic rings. The molecule has 0 atom stereocenters. The summed E-state index contributed by atoms with van der Waals surface area (Å²) in [7, 11) is 0. The number of nitrogens with zero attached hydrogens (tertiary/aromatic N) is 3. The van der Waals surface area contributed by atoms with Crippen LogP contribution >= 0.6 is 11.8 Å². The molecular weight excluding hydrogens is 723 g/mol. The number of aromatic nitrogens is 3. The molecule has 4 heteroatoms. The van der Waals surface area contributed by atoms with Crippen molar-refractivity contribution in [3.05, 3.63) is 223 Å². The Morgan fingerprint density at radius 2 is 0.897 bits per heavy atom. The molecule has 1 aliphatic carbocycles. The highest BCUT2D eigenvalue weighted by molar-refractivity contribution is 7.99. The van der Waals surface area contributed by atoms with E-state index in [-0.39, 0.29) is 0 Å². The Bertz CT molecular complexity index is 3220. The highest BCUT2D eigenvalue weighted by Gasteiger charge is 2.51. The minimum Gasteiger partial charge on any atom is -0.256 e. The SMILES string of the molecule is c1ccc(-c2nc(-c3cccc4c3Sc3c(-c5cccc6cccnc56)cccc3C43c4ccccc4-c4ccccc43)cc(-c3cccc4ccccc34)n2)cc1. The topological polar surface area (TPSA) is 38.7 Å². The second-order valence-corrected chi connectivity index (χ2v) is 16.1. The van der Waals surface area contributed by atoms with Crippen LogP contribution in [0.15, 0.2) is 210 Å². The summed E-state index contributed by atoms with van der Waals surface area (Å²) in [5.74, 6) is 0.702. The standard InChI is InChI=1S/C54H33N3S/c1-2-16-36(17-3-1)53-56-48(40-24-10-18-34-15-4-5-21-37(34)40)33-49(57-53)43-27-13-31-47-52(43)58-51-42(41-25-11-19-35-20-14-32-55-50(35)41)26-12-30-46(51)54(47)44-28-8-6-22-38(44)39-23-7-9-29-45(39)54/h1-33H. The van der Waals surface area contributed by atoms with Crippen LogP contribution in [0.3, 0.4) is 0 Å². The van der Waals surface area contributed by atoms with Gasteiger partial charge in [0.05, 0.1) is 22.3 Å². The predicted molar refractivity (Wildman–Crippen MR) is 238 cm³/mol. The van der Waals surface area contributed by atoms with Gasteiger partial charge in [-0.05, 0) is 61.8 Å². The average Bonchev–Trinajstić information content (AvgIpc) is 3.59. The van der Waals surface area contributed by atoms with E-state index in [0.717, 1.165) is 44.5 Å². The van der Waals surface area contributed by atoms with Crippen molar-refractivity contribution in [1.29, 1.82) is 0 Å². The van der Waals surface area contributed by atoms with E-state index in [1.165, 1.54) is 59.5 Å². The molecule has 12 rings (SSSR count). The van der Waals surface area contributed by atoms with Gasteiger partial charge in [-0.1, -0.05) is 194 Å². The minimum absolute atomic E-state index is 0.569. The predicted octanol–water partition coefficient (Wildman–Crippen LogP) is 13.7. The van der Waals surface area contributed by atoms with Crippen LogP contribution in [-0.4, -0.2) is 15.0 Å². The average molecular weight is 756 g/mol. The van der Waals surface area contributed by atoms with Crippen molar-refractivity contribution < 1.29 is 0 Å². The molecule has 1 spiro atoms. The van der Waals surface area contributed by atoms with Gasteiger partial charge < -0.3 is 0 Å². The first-order chi connectivity index (χ1) is 28.8. The third kappa shape index (κ3) is 4.79. The number of rotatable bonds is 4. The van der Waals surface area contributed by atoms with E-state index in [2.05, 4.69) is 182 Å². The lowest BCUT2D eigenvalue weighted by molar-refractivity contribution is 0.724. The van der Waals surface area contributed by atoms with Crippen molar-refractivity contribution in [3.8, 4) is 56.2 Å². The summed E-state index contributed by atoms with van der Waals surface area (Å²) in [5.41, 5.74) is 15.4. The van der Waals surface area contributed by atoms with Crippen LogP contribution in [0.25, 0.3) is 77.8 Å². The summed E-state index contributed by atoms with van der Waals surface area (Å²) in [6.45, 7) is 0. The fourth-order valence-electron chi connectivity index (χ4n) is 9.57. The number of benzene rings is 8. The van der Waals surface area contributed by atoms with Crippen molar-refractivity contribution >= 4 is 33.4 Å². The van der Waals surface area contributed by atoms with E-state index in [1.54, 1.807) is 0 Å². The van der Waals surface area contributed by atoms with Gasteiger partial charge in [-0.3, -0.25) is 4.98 Å². The Hall–Kier alpha value is -7.14. The van der Waals surface area contributed by atoms with E-state index in [0.29, 0.717) is 5.82 Å². The van der Waals surface area contributed by atoms with Gasteiger partial charge in [0, 0.05) is 43.6 Å². The van der Waals surface area contributed by atoms with E-state index in [1.807, 2.05) is 30.1 Å². The molecule has 0 radical (unpaired) electrons. The highest BCUT2D eigenvalue weighted by Crippen LogP contribution is 2.64. The zero-order valence-corrected chi connectivity index (χ0v) is 32.1. The maximum absolute atomic E-state index is 5.43. The van der Waals surface area contributed by atoms with Crippen LogP contribution in [0.2, 0.25) is 0 Å². The van der Waals surface area contributed by atoms with Gasteiger partial charge in [-0.2, -0.15) is 0 Å². The van der Waals surface area contributed by atoms with Crippen molar-refractivity contribution in [3.63, 3.8) is 0 Å². The van der Waals surface area contributed by atoms with E-state index in [4.69, 9.17) is 15.0 Å². The molecular formula is C54H33N3S. The lowest BCUT2D eigenvalue weighted by atomic mass is 9.66. The van der Waals surface area contributed by atoms with Gasteiger partial charge in [-0.25, -0.2) is 9.97 Å². The maximum Gasteiger partial charge on any atom is 0.160 e. The zero-order chi connectivity index (χ0) is 38.2. The lowest BCUT2D eigenvalue weighted by Gasteiger charge is -2.41. The van der Waals surface area contributed by atoms with Crippen molar-refractivity contribution in [2.45, 2.75) is 15.2 Å². The first-order valence-corrected chi connectivity index (χ1v) is 20.5. The molecule has 0 N–H and O–H groups in total. The fraction of sp³-hybridized carbons (Fsp3) is 0.0185. The summed E-state index contributed by atoms with van der Waals surface area (Å²) in [5, 5.41) is 3.47. The number of hydrogen-bond donors (Lipinski definition) is 0. The Balaban J connectivity index is 1.18. The summed E-state index contributed by atoms with van der Waals surface area (Å²) < 4.78 is 0. The molecule has 270 valence electrons. The molecule has 8 aromatic carbocycles. The maximum atomic E-state index is 5.43. The van der Waals surface area contributed by atoms with Gasteiger partial charge in [0.2, 0.25) is 0 Å². The smallest absolute Gasteiger partial charge is 0.160 e. The van der Waals surface area contributed by atoms with Gasteiger partial charge in [-0.15, -0.1) is 0 Å². The lowest BCUT2D eigenvalue weighted by Crippen LogP contribution is -2.32. The van der Waals surface area contributed by atoms with Crippen LogP contribution in [0.5, 0.6) is 0 Å². The largest absolute Gasteiger partial charge is 0.256 e. The van der Waals surface area contributed by atoms with Crippen LogP contribution in [0, 0.1) is 0 Å². The number of hydrogen-bond acceptors (Lipinski definition) is 4. The van der Waals surface area contributed by atoms with Crippen LogP contribution < -0.4 is 0 Å². The molecule has 0 unspecified atom stereocenters. The summed E-state index contributed by atoms with van der Waals surface area (Å²) >= 11 is 1.86. The molecule has 0 bridgehead atoms. The summed E-state index contributed by atoms with van der Waals surface area (Å²) in [6.07, 6.45) is 1.90. The Kier molecular flexibility index (Phi) is 7.38. The number of fused-ring (bicyclic) bond motifs is 11. The van der Waals surface area contributed by atoms with Crippen molar-refractivity contribution in [1.82, 2.24) is 15.0 Å². The Labute approximate surface area is 340 Å². The van der Waals surface area contributed by atoms with Crippen molar-refractivity contribution in [2.24, 2.45) is 0 Å². The Morgan fingerprint density at radius 3 is 1.67 bits per heavy atom. The second-order valence-electron chi connectivity index (χ2n) is 15.0. The van der Waals surface area contributed by atoms with Crippen LogP contribution in [0.1, 0.15) is 22.3 Å². The summed E-state index contributed by atoms with van der Waals surface area (Å²) in [6, 6.07) is 70.0. The quantitative estimate of drug-likeness (QED) is 0.179. The van der Waals surface area contributed by atoms with Crippen molar-refractivity contribution in [2.75, 3.05) is 0 Å². The molecule has 10 aromatic rings. The number of pyridine rings is 1. The molecule has 3 heterocycles. The number of para-hydroxylation sites is 1. The van der Waals surface area contributed by atoms with E-state index in [9.17, 15) is 0 Å². The molecule has 0 saturated heterocycles. The molecule has 0 amide bonds. The normalized spacial score (nSPS) is 13.2. The molecule has 0 saturated carbocycles. The molecule has 3 nitrogen and oxygen atoms in total. The zero-order valence-electron chi connectivity index (χ0n) is 31.3. The van der Waals surface area contributed by atoms with Gasteiger partial charge >= 0.3 is 0 Å². The van der Waals surface area contributed by atoms with Crippen LogP contribution in [-0.2, 0) is 5.41 Å². The van der Waals surface area contributed by atoms with Gasteiger partial charge in [0.25, 0.3) is 0 Å². The van der Waals surface area contributed by atoms with E-state index >= 15 is 0 Å². The first-order valence-electron chi connectivity index (χ1n) is 19.7. The monoisotopic (exact) mass is 755 g/mol. The van der Waals surface area contributed by atoms with Crippen LogP contribution in [0.4, 0.5) is 0 Å². The third-order valence-electron chi connectivity index (χ3n) is 12.0. The molecule has 1 aliphatic heterocycles. The van der Waals surface area contributed by atoms with E-state index < -0.39 is 5.41 Å². The van der Waals surface area contributed by atoms with Gasteiger partial charge in [0.15, 0.2) is 5.82 Å². The molecule has 2 aromatic heterocycles. The Morgan fingerprint density at radius 1 is 0.379 bits per heavy atom. The summed E-state index contributed by atoms with van der Waals surface area (Å²) in [4.78, 5) is 18.1.